The van der Waals surface area contributed by atoms with Crippen molar-refractivity contribution < 1.29 is 4.79 Å². The minimum absolute atomic E-state index is 0.0809. The van der Waals surface area contributed by atoms with Crippen molar-refractivity contribution >= 4 is 29.2 Å². The molecule has 1 aliphatic heterocycles. The number of hydrogen-bond donors (Lipinski definition) is 0. The molecule has 1 aliphatic rings. The second kappa shape index (κ2) is 7.27. The number of para-hydroxylation sites is 1. The smallest absolute Gasteiger partial charge is 0.261 e. The lowest BCUT2D eigenvalue weighted by atomic mass is 10.1. The molecular weight excluding hydrogens is 348 g/mol. The molecule has 5 heteroatoms. The van der Waals surface area contributed by atoms with E-state index in [4.69, 9.17) is 0 Å². The Morgan fingerprint density at radius 1 is 0.857 bits per heavy atom. The summed E-state index contributed by atoms with van der Waals surface area (Å²) in [5.74, 6) is -0.517. The third-order valence-corrected chi connectivity index (χ3v) is 4.94. The zero-order valence-corrected chi connectivity index (χ0v) is 16.2. The monoisotopic (exact) mass is 370 g/mol. The molecule has 0 N–H and O–H groups in total. The molecule has 3 aromatic rings. The number of aliphatic imine (C=N–C) groups is 1. The summed E-state index contributed by atoms with van der Waals surface area (Å²) < 4.78 is 2.20. The molecule has 5 nitrogen and oxygen atoms in total. The lowest BCUT2D eigenvalue weighted by Crippen LogP contribution is -2.27. The number of carbonyl (C=O) groups is 1. The SMILES string of the molecule is CC1=NN(c2ccccc2)C(=O)[C@@H]1C=Nc1ccc(-n2c(C)ccc2C)cc1. The highest BCUT2D eigenvalue weighted by molar-refractivity contribution is 6.23. The number of nitrogens with zero attached hydrogens (tertiary/aromatic N) is 4. The fourth-order valence-corrected chi connectivity index (χ4v) is 3.43. The number of rotatable bonds is 4. The minimum atomic E-state index is -0.436. The van der Waals surface area contributed by atoms with Crippen molar-refractivity contribution in [1.29, 1.82) is 0 Å². The van der Waals surface area contributed by atoms with Crippen molar-refractivity contribution in [3.05, 3.63) is 78.1 Å². The Morgan fingerprint density at radius 3 is 2.14 bits per heavy atom. The topological polar surface area (TPSA) is 50.0 Å². The summed E-state index contributed by atoms with van der Waals surface area (Å²) in [6.07, 6.45) is 1.69. The number of hydrazone groups is 1. The predicted octanol–water partition coefficient (Wildman–Crippen LogP) is 4.84. The van der Waals surface area contributed by atoms with Crippen molar-refractivity contribution in [3.63, 3.8) is 0 Å². The van der Waals surface area contributed by atoms with Gasteiger partial charge < -0.3 is 4.57 Å². The van der Waals surface area contributed by atoms with E-state index in [1.807, 2.05) is 61.5 Å². The average Bonchev–Trinajstić information content (AvgIpc) is 3.19. The lowest BCUT2D eigenvalue weighted by Gasteiger charge is -2.12. The number of anilines is 1. The molecule has 0 saturated heterocycles. The molecule has 0 unspecified atom stereocenters. The highest BCUT2D eigenvalue weighted by atomic mass is 16.2. The van der Waals surface area contributed by atoms with Gasteiger partial charge in [0.05, 0.1) is 17.1 Å². The Balaban J connectivity index is 1.52. The van der Waals surface area contributed by atoms with Crippen LogP contribution >= 0.6 is 0 Å². The number of hydrogen-bond acceptors (Lipinski definition) is 3. The normalized spacial score (nSPS) is 16.8. The second-order valence-electron chi connectivity index (χ2n) is 6.95. The fraction of sp³-hybridized carbons (Fsp3) is 0.174. The van der Waals surface area contributed by atoms with Crippen LogP contribution in [-0.2, 0) is 4.79 Å². The van der Waals surface area contributed by atoms with Crippen molar-refractivity contribution in [2.24, 2.45) is 16.0 Å². The van der Waals surface area contributed by atoms with E-state index in [1.54, 1.807) is 6.21 Å². The van der Waals surface area contributed by atoms with Gasteiger partial charge in [0.15, 0.2) is 0 Å². The first kappa shape index (κ1) is 17.9. The molecule has 1 amide bonds. The maximum atomic E-state index is 12.7. The summed E-state index contributed by atoms with van der Waals surface area (Å²) in [6.45, 7) is 6.04. The first-order valence-corrected chi connectivity index (χ1v) is 9.28. The van der Waals surface area contributed by atoms with Gasteiger partial charge in [-0.25, -0.2) is 0 Å². The molecule has 0 fully saturated rings. The van der Waals surface area contributed by atoms with Gasteiger partial charge in [-0.1, -0.05) is 18.2 Å². The van der Waals surface area contributed by atoms with Gasteiger partial charge in [0, 0.05) is 23.3 Å². The quantitative estimate of drug-likeness (QED) is 0.607. The Bertz CT molecular complexity index is 1040. The Kier molecular flexibility index (Phi) is 4.65. The van der Waals surface area contributed by atoms with Crippen LogP contribution in [0, 0.1) is 19.8 Å². The molecule has 140 valence electrons. The summed E-state index contributed by atoms with van der Waals surface area (Å²) in [4.78, 5) is 17.3. The van der Waals surface area contributed by atoms with Gasteiger partial charge in [-0.3, -0.25) is 9.79 Å². The van der Waals surface area contributed by atoms with Gasteiger partial charge >= 0.3 is 0 Å². The predicted molar refractivity (Wildman–Crippen MR) is 114 cm³/mol. The van der Waals surface area contributed by atoms with Gasteiger partial charge in [-0.05, 0) is 69.3 Å². The third kappa shape index (κ3) is 3.27. The van der Waals surface area contributed by atoms with Gasteiger partial charge in [0.2, 0.25) is 0 Å². The van der Waals surface area contributed by atoms with Crippen LogP contribution in [0.3, 0.4) is 0 Å². The fourth-order valence-electron chi connectivity index (χ4n) is 3.43. The zero-order valence-electron chi connectivity index (χ0n) is 16.2. The van der Waals surface area contributed by atoms with E-state index in [2.05, 4.69) is 40.6 Å². The Labute approximate surface area is 164 Å². The van der Waals surface area contributed by atoms with Crippen LogP contribution in [0.5, 0.6) is 0 Å². The summed E-state index contributed by atoms with van der Waals surface area (Å²) in [5, 5.41) is 5.86. The van der Waals surface area contributed by atoms with Crippen molar-refractivity contribution in [2.45, 2.75) is 20.8 Å². The maximum Gasteiger partial charge on any atom is 0.261 e. The van der Waals surface area contributed by atoms with E-state index in [-0.39, 0.29) is 5.91 Å². The van der Waals surface area contributed by atoms with Crippen LogP contribution in [0.15, 0.2) is 76.8 Å². The number of aromatic nitrogens is 1. The largest absolute Gasteiger partial charge is 0.319 e. The standard InChI is InChI=1S/C23H22N4O/c1-16-9-10-17(2)26(16)20-13-11-19(12-14-20)24-15-22-18(3)25-27(23(22)28)21-7-5-4-6-8-21/h4-15,22H,1-3H3/t22-/m1/s1. The summed E-state index contributed by atoms with van der Waals surface area (Å²) in [7, 11) is 0. The molecule has 1 aromatic heterocycles. The van der Waals surface area contributed by atoms with Crippen LogP contribution in [0.1, 0.15) is 18.3 Å². The van der Waals surface area contributed by atoms with Gasteiger partial charge in [0.1, 0.15) is 5.92 Å². The van der Waals surface area contributed by atoms with E-state index in [0.717, 1.165) is 22.8 Å². The van der Waals surface area contributed by atoms with Crippen LogP contribution in [0.2, 0.25) is 0 Å². The number of carbonyl (C=O) groups excluding carboxylic acids is 1. The number of amides is 1. The summed E-state index contributed by atoms with van der Waals surface area (Å²) >= 11 is 0. The molecule has 0 spiro atoms. The number of aryl methyl sites for hydroxylation is 2. The second-order valence-corrected chi connectivity index (χ2v) is 6.95. The molecule has 0 aliphatic carbocycles. The van der Waals surface area contributed by atoms with Crippen molar-refractivity contribution in [3.8, 4) is 5.69 Å². The lowest BCUT2D eigenvalue weighted by molar-refractivity contribution is -0.118. The molecule has 0 bridgehead atoms. The summed E-state index contributed by atoms with van der Waals surface area (Å²) in [6, 6.07) is 21.7. The Morgan fingerprint density at radius 2 is 1.50 bits per heavy atom. The van der Waals surface area contributed by atoms with Crippen LogP contribution in [0.4, 0.5) is 11.4 Å². The first-order chi connectivity index (χ1) is 13.5. The molecule has 4 rings (SSSR count). The van der Waals surface area contributed by atoms with E-state index in [0.29, 0.717) is 0 Å². The first-order valence-electron chi connectivity index (χ1n) is 9.28. The van der Waals surface area contributed by atoms with Crippen LogP contribution in [0.25, 0.3) is 5.69 Å². The zero-order chi connectivity index (χ0) is 19.7. The Hall–Kier alpha value is -3.47. The average molecular weight is 370 g/mol. The highest BCUT2D eigenvalue weighted by Crippen LogP contribution is 2.24. The van der Waals surface area contributed by atoms with Gasteiger partial charge in [-0.15, -0.1) is 0 Å². The molecule has 2 aromatic carbocycles. The number of benzene rings is 2. The molecule has 0 radical (unpaired) electrons. The van der Waals surface area contributed by atoms with E-state index >= 15 is 0 Å². The molecule has 28 heavy (non-hydrogen) atoms. The van der Waals surface area contributed by atoms with E-state index in [1.165, 1.54) is 16.4 Å². The minimum Gasteiger partial charge on any atom is -0.319 e. The molecule has 0 saturated carbocycles. The highest BCUT2D eigenvalue weighted by Gasteiger charge is 2.33. The van der Waals surface area contributed by atoms with E-state index in [9.17, 15) is 4.79 Å². The van der Waals surface area contributed by atoms with Gasteiger partial charge in [0.25, 0.3) is 5.91 Å². The van der Waals surface area contributed by atoms with Crippen molar-refractivity contribution in [1.82, 2.24) is 4.57 Å². The maximum absolute atomic E-state index is 12.7. The van der Waals surface area contributed by atoms with E-state index < -0.39 is 5.92 Å². The van der Waals surface area contributed by atoms with Gasteiger partial charge in [-0.2, -0.15) is 10.1 Å². The summed E-state index contributed by atoms with van der Waals surface area (Å²) in [5.41, 5.74) is 5.81. The molecular formula is C23H22N4O. The molecule has 2 heterocycles. The van der Waals surface area contributed by atoms with Crippen molar-refractivity contribution in [2.75, 3.05) is 5.01 Å². The van der Waals surface area contributed by atoms with Crippen LogP contribution < -0.4 is 5.01 Å². The molecule has 1 atom stereocenters. The third-order valence-electron chi connectivity index (χ3n) is 4.94. The van der Waals surface area contributed by atoms with Crippen LogP contribution in [-0.4, -0.2) is 22.4 Å².